The van der Waals surface area contributed by atoms with E-state index in [1.165, 1.54) is 4.90 Å². The molecule has 6 heteroatoms. The van der Waals surface area contributed by atoms with Crippen molar-refractivity contribution in [1.29, 1.82) is 0 Å². The topological polar surface area (TPSA) is 72.6 Å². The zero-order valence-electron chi connectivity index (χ0n) is 5.99. The fourth-order valence-electron chi connectivity index (χ4n) is 0.829. The summed E-state index contributed by atoms with van der Waals surface area (Å²) in [6.07, 6.45) is -0.338. The monoisotopic (exact) mass is 178 g/mol. The standard InChI is InChI=1S/C5H10N2O3S/c6-11(9)4-2-7-1-3-10-5(7)8/h1-4,6H2. The molecule has 0 saturated carbocycles. The maximum absolute atomic E-state index is 10.8. The quantitative estimate of drug-likeness (QED) is 0.606. The third-order valence-electron chi connectivity index (χ3n) is 1.41. The van der Waals surface area contributed by atoms with Crippen molar-refractivity contribution in [1.82, 2.24) is 4.90 Å². The second kappa shape index (κ2) is 3.68. The third-order valence-corrected chi connectivity index (χ3v) is 1.99. The van der Waals surface area contributed by atoms with E-state index in [-0.39, 0.29) is 6.09 Å². The molecule has 1 heterocycles. The average Bonchev–Trinajstić information content (AvgIpc) is 2.31. The van der Waals surface area contributed by atoms with Crippen LogP contribution in [0.1, 0.15) is 0 Å². The fourth-order valence-corrected chi connectivity index (χ4v) is 1.23. The van der Waals surface area contributed by atoms with Gasteiger partial charge in [-0.2, -0.15) is 0 Å². The zero-order valence-corrected chi connectivity index (χ0v) is 6.80. The lowest BCUT2D eigenvalue weighted by Gasteiger charge is -2.09. The minimum atomic E-state index is -1.33. The summed E-state index contributed by atoms with van der Waals surface area (Å²) in [6.45, 7) is 1.42. The van der Waals surface area contributed by atoms with Gasteiger partial charge in [-0.25, -0.2) is 9.00 Å². The SMILES string of the molecule is NS(=O)CCN1CCOC1=O. The van der Waals surface area contributed by atoms with Gasteiger partial charge in [0.25, 0.3) is 0 Å². The Labute approximate surface area is 67.1 Å². The Morgan fingerprint density at radius 1 is 1.73 bits per heavy atom. The minimum absolute atomic E-state index is 0.315. The van der Waals surface area contributed by atoms with Gasteiger partial charge in [0.2, 0.25) is 0 Å². The van der Waals surface area contributed by atoms with Crippen LogP contribution in [-0.4, -0.2) is 40.7 Å². The van der Waals surface area contributed by atoms with E-state index < -0.39 is 11.0 Å². The Morgan fingerprint density at radius 3 is 2.91 bits per heavy atom. The number of carbonyl (C=O) groups excluding carboxylic acids is 1. The first-order chi connectivity index (χ1) is 5.20. The summed E-state index contributed by atoms with van der Waals surface area (Å²) in [6, 6.07) is 0. The first-order valence-corrected chi connectivity index (χ1v) is 4.63. The van der Waals surface area contributed by atoms with Gasteiger partial charge in [-0.1, -0.05) is 0 Å². The van der Waals surface area contributed by atoms with Crippen molar-refractivity contribution in [2.45, 2.75) is 0 Å². The van der Waals surface area contributed by atoms with Gasteiger partial charge in [0, 0.05) is 6.54 Å². The molecule has 2 N–H and O–H groups in total. The first-order valence-electron chi connectivity index (χ1n) is 3.24. The number of hydrogen-bond acceptors (Lipinski definition) is 3. The molecule has 1 amide bonds. The molecule has 64 valence electrons. The molecule has 1 atom stereocenters. The lowest BCUT2D eigenvalue weighted by molar-refractivity contribution is 0.160. The molecule has 0 spiro atoms. The zero-order chi connectivity index (χ0) is 8.27. The highest BCUT2D eigenvalue weighted by molar-refractivity contribution is 7.82. The normalized spacial score (nSPS) is 20.1. The first kappa shape index (κ1) is 8.48. The van der Waals surface area contributed by atoms with Crippen molar-refractivity contribution in [3.05, 3.63) is 0 Å². The van der Waals surface area contributed by atoms with Crippen molar-refractivity contribution >= 4 is 17.1 Å². The van der Waals surface area contributed by atoms with Crippen LogP contribution in [0.15, 0.2) is 0 Å². The van der Waals surface area contributed by atoms with Crippen LogP contribution in [0.4, 0.5) is 4.79 Å². The van der Waals surface area contributed by atoms with Crippen molar-refractivity contribution in [2.24, 2.45) is 5.14 Å². The van der Waals surface area contributed by atoms with E-state index in [4.69, 9.17) is 5.14 Å². The van der Waals surface area contributed by atoms with Crippen molar-refractivity contribution in [3.8, 4) is 0 Å². The molecule has 0 aromatic heterocycles. The molecule has 1 rings (SSSR count). The molecule has 0 bridgehead atoms. The summed E-state index contributed by atoms with van der Waals surface area (Å²) in [5.41, 5.74) is 0. The van der Waals surface area contributed by atoms with Gasteiger partial charge in [-0.15, -0.1) is 0 Å². The minimum Gasteiger partial charge on any atom is -0.448 e. The number of nitrogens with zero attached hydrogens (tertiary/aromatic N) is 1. The lowest BCUT2D eigenvalue weighted by Crippen LogP contribution is -2.30. The highest BCUT2D eigenvalue weighted by Crippen LogP contribution is 2.01. The van der Waals surface area contributed by atoms with Gasteiger partial charge < -0.3 is 9.64 Å². The van der Waals surface area contributed by atoms with E-state index in [1.807, 2.05) is 0 Å². The van der Waals surface area contributed by atoms with E-state index in [0.717, 1.165) is 0 Å². The molecule has 1 aliphatic heterocycles. The van der Waals surface area contributed by atoms with Gasteiger partial charge >= 0.3 is 6.09 Å². The molecule has 1 saturated heterocycles. The molecule has 0 aliphatic carbocycles. The average molecular weight is 178 g/mol. The number of nitrogens with two attached hydrogens (primary N) is 1. The summed E-state index contributed by atoms with van der Waals surface area (Å²) in [5.74, 6) is 0.315. The van der Waals surface area contributed by atoms with Gasteiger partial charge in [0.15, 0.2) is 0 Å². The van der Waals surface area contributed by atoms with E-state index in [0.29, 0.717) is 25.4 Å². The predicted molar refractivity (Wildman–Crippen MR) is 40.1 cm³/mol. The summed E-state index contributed by atoms with van der Waals surface area (Å²) in [4.78, 5) is 12.2. The molecule has 0 aromatic rings. The second-order valence-electron chi connectivity index (χ2n) is 2.19. The predicted octanol–water partition coefficient (Wildman–Crippen LogP) is -0.939. The Morgan fingerprint density at radius 2 is 2.45 bits per heavy atom. The van der Waals surface area contributed by atoms with Gasteiger partial charge in [0.05, 0.1) is 23.3 Å². The molecular weight excluding hydrogens is 168 g/mol. The highest BCUT2D eigenvalue weighted by Gasteiger charge is 2.21. The number of amides is 1. The maximum Gasteiger partial charge on any atom is 0.409 e. The number of hydrogen-bond donors (Lipinski definition) is 1. The lowest BCUT2D eigenvalue weighted by atomic mass is 10.6. The van der Waals surface area contributed by atoms with Crippen molar-refractivity contribution in [2.75, 3.05) is 25.4 Å². The summed E-state index contributed by atoms with van der Waals surface area (Å²) in [5, 5.41) is 5.01. The maximum atomic E-state index is 10.8. The third kappa shape index (κ3) is 2.47. The van der Waals surface area contributed by atoms with Crippen LogP contribution in [0.25, 0.3) is 0 Å². The van der Waals surface area contributed by atoms with E-state index >= 15 is 0 Å². The van der Waals surface area contributed by atoms with Crippen LogP contribution in [0.5, 0.6) is 0 Å². The number of cyclic esters (lactones) is 1. The summed E-state index contributed by atoms with van der Waals surface area (Å²) < 4.78 is 15.1. The molecule has 11 heavy (non-hydrogen) atoms. The van der Waals surface area contributed by atoms with Crippen LogP contribution in [-0.2, 0) is 15.7 Å². The molecule has 0 aromatic carbocycles. The number of rotatable bonds is 3. The van der Waals surface area contributed by atoms with E-state index in [9.17, 15) is 9.00 Å². The molecule has 0 radical (unpaired) electrons. The van der Waals surface area contributed by atoms with Crippen LogP contribution >= 0.6 is 0 Å². The smallest absolute Gasteiger partial charge is 0.409 e. The van der Waals surface area contributed by atoms with Crippen LogP contribution < -0.4 is 5.14 Å². The van der Waals surface area contributed by atoms with Crippen LogP contribution in [0.3, 0.4) is 0 Å². The van der Waals surface area contributed by atoms with Crippen LogP contribution in [0, 0.1) is 0 Å². The van der Waals surface area contributed by atoms with E-state index in [1.54, 1.807) is 0 Å². The Bertz CT molecular complexity index is 185. The Kier molecular flexibility index (Phi) is 2.84. The largest absolute Gasteiger partial charge is 0.448 e. The summed E-state index contributed by atoms with van der Waals surface area (Å²) in [7, 11) is -1.33. The van der Waals surface area contributed by atoms with Crippen LogP contribution in [0.2, 0.25) is 0 Å². The fraction of sp³-hybridized carbons (Fsp3) is 0.800. The molecule has 1 unspecified atom stereocenters. The number of carbonyl (C=O) groups is 1. The van der Waals surface area contributed by atoms with Crippen molar-refractivity contribution in [3.63, 3.8) is 0 Å². The van der Waals surface area contributed by atoms with E-state index in [2.05, 4.69) is 4.74 Å². The molecule has 1 fully saturated rings. The Hall–Kier alpha value is -0.620. The molecular formula is C5H10N2O3S. The number of ether oxygens (including phenoxy) is 1. The van der Waals surface area contributed by atoms with Crippen molar-refractivity contribution < 1.29 is 13.7 Å². The molecule has 5 nitrogen and oxygen atoms in total. The van der Waals surface area contributed by atoms with Gasteiger partial charge in [0.1, 0.15) is 6.61 Å². The Balaban J connectivity index is 2.26. The summed E-state index contributed by atoms with van der Waals surface area (Å²) >= 11 is 0. The highest BCUT2D eigenvalue weighted by atomic mass is 32.2. The molecule has 1 aliphatic rings. The van der Waals surface area contributed by atoms with Gasteiger partial charge in [-0.05, 0) is 0 Å². The van der Waals surface area contributed by atoms with Gasteiger partial charge in [-0.3, -0.25) is 5.14 Å². The second-order valence-corrected chi connectivity index (χ2v) is 3.36.